The summed E-state index contributed by atoms with van der Waals surface area (Å²) in [5, 5.41) is 10.6. The van der Waals surface area contributed by atoms with E-state index in [1.54, 1.807) is 6.26 Å². The molecule has 0 saturated carbocycles. The first-order chi connectivity index (χ1) is 14.8. The molecule has 0 aliphatic carbocycles. The normalized spacial score (nSPS) is 16.9. The summed E-state index contributed by atoms with van der Waals surface area (Å²) in [5.41, 5.74) is 3.20. The average Bonchev–Trinajstić information content (AvgIpc) is 3.24. The Bertz CT molecular complexity index is 965. The van der Waals surface area contributed by atoms with Crippen molar-refractivity contribution in [3.8, 4) is 11.5 Å². The van der Waals surface area contributed by atoms with Gasteiger partial charge in [0.25, 0.3) is 0 Å². The molecule has 31 heavy (non-hydrogen) atoms. The van der Waals surface area contributed by atoms with Crippen molar-refractivity contribution in [1.29, 1.82) is 0 Å². The number of aromatic nitrogens is 2. The van der Waals surface area contributed by atoms with Crippen molar-refractivity contribution < 1.29 is 27.5 Å². The minimum absolute atomic E-state index is 0.310. The second-order valence-electron chi connectivity index (χ2n) is 6.79. The van der Waals surface area contributed by atoms with Crippen LogP contribution in [0.25, 0.3) is 11.5 Å². The van der Waals surface area contributed by atoms with Crippen LogP contribution in [0.4, 0.5) is 13.2 Å². The summed E-state index contributed by atoms with van der Waals surface area (Å²) in [5.74, 6) is -2.08. The Morgan fingerprint density at radius 3 is 2.61 bits per heavy atom. The highest BCUT2D eigenvalue weighted by Crippen LogP contribution is 2.25. The molecule has 0 radical (unpaired) electrons. The molecule has 1 unspecified atom stereocenters. The fourth-order valence-electron chi connectivity index (χ4n) is 3.14. The van der Waals surface area contributed by atoms with Gasteiger partial charge in [-0.1, -0.05) is 24.3 Å². The minimum atomic E-state index is -5.08. The van der Waals surface area contributed by atoms with Gasteiger partial charge in [0.15, 0.2) is 0 Å². The summed E-state index contributed by atoms with van der Waals surface area (Å²) < 4.78 is 37.4. The molecule has 7 nitrogen and oxygen atoms in total. The molecule has 10 heteroatoms. The lowest BCUT2D eigenvalue weighted by atomic mass is 10.1. The molecule has 0 amide bonds. The third-order valence-corrected chi connectivity index (χ3v) is 4.60. The number of alkyl halides is 3. The standard InChI is InChI=1S/C19H20N4O.C2HF3O2/c1-2-5-15(6-3-1)19-22-17(14-24-19)13-23-10-9-21-12-18(23)16-7-4-8-20-11-16;3-2(4,5)1(6)7/h1-8,11,14,18,21H,9-10,12-13H2;(H,6,7). The Hall–Kier alpha value is -3.24. The van der Waals surface area contributed by atoms with E-state index in [0.29, 0.717) is 11.9 Å². The number of aliphatic carboxylic acids is 1. The van der Waals surface area contributed by atoms with Gasteiger partial charge < -0.3 is 14.8 Å². The van der Waals surface area contributed by atoms with Gasteiger partial charge in [-0.05, 0) is 23.8 Å². The van der Waals surface area contributed by atoms with Gasteiger partial charge >= 0.3 is 12.1 Å². The van der Waals surface area contributed by atoms with Crippen LogP contribution in [0.1, 0.15) is 17.3 Å². The van der Waals surface area contributed by atoms with Crippen molar-refractivity contribution in [3.63, 3.8) is 0 Å². The SMILES string of the molecule is O=C(O)C(F)(F)F.c1ccc(-c2nc(CN3CCNCC3c3cccnc3)co2)cc1. The first-order valence-electron chi connectivity index (χ1n) is 9.49. The van der Waals surface area contributed by atoms with Crippen molar-refractivity contribution in [2.24, 2.45) is 0 Å². The van der Waals surface area contributed by atoms with Crippen LogP contribution in [0.15, 0.2) is 65.5 Å². The molecular weight excluding hydrogens is 413 g/mol. The Kier molecular flexibility index (Phi) is 7.37. The highest BCUT2D eigenvalue weighted by atomic mass is 19.4. The molecule has 1 fully saturated rings. The van der Waals surface area contributed by atoms with E-state index >= 15 is 0 Å². The van der Waals surface area contributed by atoms with Gasteiger partial charge in [-0.25, -0.2) is 9.78 Å². The molecule has 1 atom stereocenters. The maximum absolute atomic E-state index is 10.6. The molecule has 1 aliphatic rings. The predicted molar refractivity (Wildman–Crippen MR) is 106 cm³/mol. The number of benzene rings is 1. The quantitative estimate of drug-likeness (QED) is 0.649. The van der Waals surface area contributed by atoms with Crippen LogP contribution >= 0.6 is 0 Å². The van der Waals surface area contributed by atoms with Crippen LogP contribution in [0.3, 0.4) is 0 Å². The molecule has 0 spiro atoms. The van der Waals surface area contributed by atoms with Crippen LogP contribution in [-0.4, -0.2) is 51.8 Å². The zero-order chi connectivity index (χ0) is 22.3. The number of carboxylic acid groups (broad SMARTS) is 1. The van der Waals surface area contributed by atoms with E-state index in [4.69, 9.17) is 14.3 Å². The number of nitrogens with one attached hydrogen (secondary N) is 1. The van der Waals surface area contributed by atoms with Gasteiger partial charge in [-0.15, -0.1) is 0 Å². The van der Waals surface area contributed by atoms with E-state index < -0.39 is 12.1 Å². The third kappa shape index (κ3) is 6.37. The molecule has 3 aromatic rings. The van der Waals surface area contributed by atoms with Crippen LogP contribution in [0.2, 0.25) is 0 Å². The van der Waals surface area contributed by atoms with Gasteiger partial charge in [-0.3, -0.25) is 9.88 Å². The molecule has 0 bridgehead atoms. The average molecular weight is 434 g/mol. The van der Waals surface area contributed by atoms with Gasteiger partial charge in [0.05, 0.1) is 5.69 Å². The van der Waals surface area contributed by atoms with Gasteiger partial charge in [0.1, 0.15) is 6.26 Å². The maximum atomic E-state index is 10.6. The van der Waals surface area contributed by atoms with E-state index in [-0.39, 0.29) is 0 Å². The van der Waals surface area contributed by atoms with Crippen molar-refractivity contribution >= 4 is 5.97 Å². The van der Waals surface area contributed by atoms with E-state index in [0.717, 1.165) is 37.4 Å². The molecule has 1 aliphatic heterocycles. The van der Waals surface area contributed by atoms with Crippen LogP contribution in [0.5, 0.6) is 0 Å². The summed E-state index contributed by atoms with van der Waals surface area (Å²) in [6.07, 6.45) is 0.446. The molecule has 4 rings (SSSR count). The maximum Gasteiger partial charge on any atom is 0.490 e. The number of carbonyl (C=O) groups is 1. The van der Waals surface area contributed by atoms with Crippen molar-refractivity contribution in [2.75, 3.05) is 19.6 Å². The number of piperazine rings is 1. The Morgan fingerprint density at radius 2 is 1.97 bits per heavy atom. The number of halogens is 3. The summed E-state index contributed by atoms with van der Waals surface area (Å²) in [6, 6.07) is 14.4. The third-order valence-electron chi connectivity index (χ3n) is 4.60. The summed E-state index contributed by atoms with van der Waals surface area (Å²) in [7, 11) is 0. The lowest BCUT2D eigenvalue weighted by Crippen LogP contribution is -2.45. The largest absolute Gasteiger partial charge is 0.490 e. The lowest BCUT2D eigenvalue weighted by molar-refractivity contribution is -0.192. The minimum Gasteiger partial charge on any atom is -0.475 e. The second kappa shape index (κ2) is 10.2. The molecule has 164 valence electrons. The van der Waals surface area contributed by atoms with Crippen molar-refractivity contribution in [2.45, 2.75) is 18.8 Å². The number of hydrogen-bond acceptors (Lipinski definition) is 6. The van der Waals surface area contributed by atoms with Gasteiger partial charge in [0, 0.05) is 50.2 Å². The van der Waals surface area contributed by atoms with Crippen molar-refractivity contribution in [1.82, 2.24) is 20.2 Å². The number of pyridine rings is 1. The van der Waals surface area contributed by atoms with Crippen LogP contribution in [0, 0.1) is 0 Å². The van der Waals surface area contributed by atoms with Crippen molar-refractivity contribution in [3.05, 3.63) is 72.4 Å². The molecule has 3 heterocycles. The summed E-state index contributed by atoms with van der Waals surface area (Å²) >= 11 is 0. The van der Waals surface area contributed by atoms with Gasteiger partial charge in [-0.2, -0.15) is 13.2 Å². The van der Waals surface area contributed by atoms with Crippen LogP contribution < -0.4 is 5.32 Å². The first-order valence-corrected chi connectivity index (χ1v) is 9.49. The molecule has 1 aromatic carbocycles. The van der Waals surface area contributed by atoms with E-state index in [1.165, 1.54) is 5.56 Å². The lowest BCUT2D eigenvalue weighted by Gasteiger charge is -2.35. The fourth-order valence-corrected chi connectivity index (χ4v) is 3.14. The zero-order valence-corrected chi connectivity index (χ0v) is 16.4. The number of rotatable bonds is 4. The monoisotopic (exact) mass is 434 g/mol. The number of nitrogens with zero attached hydrogens (tertiary/aromatic N) is 3. The Labute approximate surface area is 176 Å². The summed E-state index contributed by atoms with van der Waals surface area (Å²) in [6.45, 7) is 3.67. The number of carboxylic acids is 1. The zero-order valence-electron chi connectivity index (χ0n) is 16.4. The Balaban J connectivity index is 0.000000339. The van der Waals surface area contributed by atoms with Crippen LogP contribution in [-0.2, 0) is 11.3 Å². The summed E-state index contributed by atoms with van der Waals surface area (Å²) in [4.78, 5) is 20.2. The molecule has 1 saturated heterocycles. The van der Waals surface area contributed by atoms with Gasteiger partial charge in [0.2, 0.25) is 5.89 Å². The molecule has 2 N–H and O–H groups in total. The smallest absolute Gasteiger partial charge is 0.475 e. The second-order valence-corrected chi connectivity index (χ2v) is 6.79. The predicted octanol–water partition coefficient (Wildman–Crippen LogP) is 3.52. The molecular formula is C21H21F3N4O3. The Morgan fingerprint density at radius 1 is 1.23 bits per heavy atom. The van der Waals surface area contributed by atoms with E-state index in [9.17, 15) is 13.2 Å². The first kappa shape index (κ1) is 22.4. The number of oxazole rings is 1. The highest BCUT2D eigenvalue weighted by Gasteiger charge is 2.38. The molecule has 2 aromatic heterocycles. The topological polar surface area (TPSA) is 91.5 Å². The fraction of sp³-hybridized carbons (Fsp3) is 0.286. The highest BCUT2D eigenvalue weighted by molar-refractivity contribution is 5.73. The van der Waals surface area contributed by atoms with E-state index in [1.807, 2.05) is 48.8 Å². The number of hydrogen-bond donors (Lipinski definition) is 2. The van der Waals surface area contributed by atoms with E-state index in [2.05, 4.69) is 26.3 Å².